The Morgan fingerprint density at radius 3 is 2.42 bits per heavy atom. The average molecular weight is 326 g/mol. The molecule has 2 N–H and O–H groups in total. The zero-order valence-electron chi connectivity index (χ0n) is 12.0. The topological polar surface area (TPSA) is 51.8 Å². The largest absolute Gasteiger partial charge is 0.383 e. The average Bonchev–Trinajstić information content (AvgIpc) is 2.44. The maximum atomic E-state index is 6.01. The molecule has 0 amide bonds. The lowest BCUT2D eigenvalue weighted by Crippen LogP contribution is -2.16. The molecule has 0 aromatic carbocycles. The molecule has 0 radical (unpaired) electrons. The zero-order valence-corrected chi connectivity index (χ0v) is 13.5. The van der Waals surface area contributed by atoms with Crippen molar-refractivity contribution < 1.29 is 0 Å². The predicted octanol–water partition coefficient (Wildman–Crippen LogP) is 4.46. The van der Waals surface area contributed by atoms with Crippen molar-refractivity contribution in [2.45, 2.75) is 64.7 Å². The molecule has 1 aliphatic carbocycles. The number of nitrogen functional groups attached to an aromatic ring is 1. The molecule has 0 unspecified atom stereocenters. The molecule has 106 valence electrons. The molecule has 1 saturated carbocycles. The smallest absolute Gasteiger partial charge is 0.141 e. The fourth-order valence-electron chi connectivity index (χ4n) is 2.95. The summed E-state index contributed by atoms with van der Waals surface area (Å²) < 4.78 is 0.889. The van der Waals surface area contributed by atoms with Gasteiger partial charge in [-0.15, -0.1) is 0 Å². The highest BCUT2D eigenvalue weighted by Gasteiger charge is 2.24. The van der Waals surface area contributed by atoms with Crippen molar-refractivity contribution >= 4 is 21.7 Å². The first-order valence-corrected chi connectivity index (χ1v) is 8.26. The highest BCUT2D eigenvalue weighted by atomic mass is 79.9. The highest BCUT2D eigenvalue weighted by molar-refractivity contribution is 9.10. The molecular weight excluding hydrogens is 302 g/mol. The lowest BCUT2D eigenvalue weighted by Gasteiger charge is -2.27. The van der Waals surface area contributed by atoms with Crippen LogP contribution in [0.15, 0.2) is 4.47 Å². The van der Waals surface area contributed by atoms with Crippen molar-refractivity contribution in [3.63, 3.8) is 0 Å². The van der Waals surface area contributed by atoms with Crippen LogP contribution >= 0.6 is 15.9 Å². The summed E-state index contributed by atoms with van der Waals surface area (Å²) in [4.78, 5) is 9.27. The van der Waals surface area contributed by atoms with Gasteiger partial charge in [0.1, 0.15) is 11.6 Å². The Morgan fingerprint density at radius 1 is 1.16 bits per heavy atom. The Hall–Kier alpha value is -0.640. The van der Waals surface area contributed by atoms with Gasteiger partial charge in [0.15, 0.2) is 0 Å². The van der Waals surface area contributed by atoms with Crippen LogP contribution in [0.3, 0.4) is 0 Å². The number of nitrogens with zero attached hydrogens (tertiary/aromatic N) is 2. The maximum Gasteiger partial charge on any atom is 0.141 e. The number of nitrogens with two attached hydrogens (primary N) is 1. The van der Waals surface area contributed by atoms with E-state index in [0.717, 1.165) is 34.8 Å². The van der Waals surface area contributed by atoms with E-state index in [1.807, 2.05) is 0 Å². The predicted molar refractivity (Wildman–Crippen MR) is 83.1 cm³/mol. The normalized spacial score (nSPS) is 23.5. The molecule has 4 heteroatoms. The molecule has 2 rings (SSSR count). The number of anilines is 1. The van der Waals surface area contributed by atoms with Gasteiger partial charge in [0, 0.05) is 5.92 Å². The monoisotopic (exact) mass is 325 g/mol. The van der Waals surface area contributed by atoms with Crippen LogP contribution < -0.4 is 5.73 Å². The summed E-state index contributed by atoms with van der Waals surface area (Å²) in [5.41, 5.74) is 7.09. The Kier molecular flexibility index (Phi) is 5.20. The number of aryl methyl sites for hydroxylation is 1. The number of hydrogen-bond acceptors (Lipinski definition) is 3. The third-order valence-corrected chi connectivity index (χ3v) is 5.10. The van der Waals surface area contributed by atoms with Gasteiger partial charge in [0.05, 0.1) is 10.2 Å². The third kappa shape index (κ3) is 3.47. The first kappa shape index (κ1) is 14.8. The van der Waals surface area contributed by atoms with E-state index >= 15 is 0 Å². The summed E-state index contributed by atoms with van der Waals surface area (Å²) in [7, 11) is 0. The molecule has 1 heterocycles. The fraction of sp³-hybridized carbons (Fsp3) is 0.733. The molecule has 0 atom stereocenters. The van der Waals surface area contributed by atoms with Gasteiger partial charge in [-0.3, -0.25) is 0 Å². The molecule has 1 aromatic rings. The third-order valence-electron chi connectivity index (χ3n) is 4.24. The van der Waals surface area contributed by atoms with Crippen LogP contribution in [-0.2, 0) is 6.42 Å². The number of hydrogen-bond donors (Lipinski definition) is 1. The molecule has 19 heavy (non-hydrogen) atoms. The SMILES string of the molecule is CCCc1nc(C2CCC(CC)CC2)nc(N)c1Br. The summed E-state index contributed by atoms with van der Waals surface area (Å²) in [5, 5.41) is 0. The van der Waals surface area contributed by atoms with Gasteiger partial charge in [-0.25, -0.2) is 9.97 Å². The summed E-state index contributed by atoms with van der Waals surface area (Å²) in [6.07, 6.45) is 8.39. The van der Waals surface area contributed by atoms with Gasteiger partial charge >= 0.3 is 0 Å². The van der Waals surface area contributed by atoms with Crippen LogP contribution in [-0.4, -0.2) is 9.97 Å². The molecule has 0 bridgehead atoms. The highest BCUT2D eigenvalue weighted by Crippen LogP contribution is 2.36. The van der Waals surface area contributed by atoms with Crippen molar-refractivity contribution in [2.75, 3.05) is 5.73 Å². The quantitative estimate of drug-likeness (QED) is 0.889. The second kappa shape index (κ2) is 6.69. The van der Waals surface area contributed by atoms with Crippen LogP contribution in [0.5, 0.6) is 0 Å². The molecular formula is C15H24BrN3. The van der Waals surface area contributed by atoms with Gasteiger partial charge in [0.2, 0.25) is 0 Å². The van der Waals surface area contributed by atoms with Gasteiger partial charge < -0.3 is 5.73 Å². The zero-order chi connectivity index (χ0) is 13.8. The molecule has 0 spiro atoms. The van der Waals surface area contributed by atoms with E-state index in [1.165, 1.54) is 32.1 Å². The van der Waals surface area contributed by atoms with Crippen molar-refractivity contribution in [1.29, 1.82) is 0 Å². The molecule has 0 saturated heterocycles. The minimum atomic E-state index is 0.508. The first-order chi connectivity index (χ1) is 9.15. The van der Waals surface area contributed by atoms with Crippen molar-refractivity contribution in [2.24, 2.45) is 5.92 Å². The van der Waals surface area contributed by atoms with Crippen molar-refractivity contribution in [3.05, 3.63) is 16.0 Å². The minimum Gasteiger partial charge on any atom is -0.383 e. The minimum absolute atomic E-state index is 0.508. The Balaban J connectivity index is 2.16. The van der Waals surface area contributed by atoms with E-state index < -0.39 is 0 Å². The second-order valence-corrected chi connectivity index (χ2v) is 6.40. The van der Waals surface area contributed by atoms with E-state index in [2.05, 4.69) is 34.8 Å². The van der Waals surface area contributed by atoms with E-state index in [0.29, 0.717) is 11.7 Å². The molecule has 1 fully saturated rings. The summed E-state index contributed by atoms with van der Waals surface area (Å²) in [6, 6.07) is 0. The number of halogens is 1. The summed E-state index contributed by atoms with van der Waals surface area (Å²) in [6.45, 7) is 4.45. The van der Waals surface area contributed by atoms with Crippen LogP contribution in [0.2, 0.25) is 0 Å². The van der Waals surface area contributed by atoms with Crippen LogP contribution in [0.1, 0.15) is 69.8 Å². The summed E-state index contributed by atoms with van der Waals surface area (Å²) >= 11 is 3.51. The van der Waals surface area contributed by atoms with Gasteiger partial charge in [-0.2, -0.15) is 0 Å². The van der Waals surface area contributed by atoms with Crippen molar-refractivity contribution in [1.82, 2.24) is 9.97 Å². The van der Waals surface area contributed by atoms with Gasteiger partial charge in [0.25, 0.3) is 0 Å². The fourth-order valence-corrected chi connectivity index (χ4v) is 3.32. The van der Waals surface area contributed by atoms with Crippen molar-refractivity contribution in [3.8, 4) is 0 Å². The van der Waals surface area contributed by atoms with E-state index in [1.54, 1.807) is 0 Å². The Bertz CT molecular complexity index is 426. The van der Waals surface area contributed by atoms with Crippen LogP contribution in [0.25, 0.3) is 0 Å². The Morgan fingerprint density at radius 2 is 1.84 bits per heavy atom. The van der Waals surface area contributed by atoms with Crippen LogP contribution in [0.4, 0.5) is 5.82 Å². The van der Waals surface area contributed by atoms with Gasteiger partial charge in [-0.05, 0) is 54.0 Å². The lowest BCUT2D eigenvalue weighted by molar-refractivity contribution is 0.312. The van der Waals surface area contributed by atoms with E-state index in [9.17, 15) is 0 Å². The lowest BCUT2D eigenvalue weighted by atomic mass is 9.80. The summed E-state index contributed by atoms with van der Waals surface area (Å²) in [5.74, 6) is 2.98. The standard InChI is InChI=1S/C15H24BrN3/c1-3-5-12-13(16)14(17)19-15(18-12)11-8-6-10(4-2)7-9-11/h10-11H,3-9H2,1-2H3,(H2,17,18,19). The molecule has 0 aliphatic heterocycles. The molecule has 3 nitrogen and oxygen atoms in total. The molecule has 1 aliphatic rings. The van der Waals surface area contributed by atoms with Crippen LogP contribution in [0, 0.1) is 5.92 Å². The maximum absolute atomic E-state index is 6.01. The molecule has 1 aromatic heterocycles. The Labute approximate surface area is 124 Å². The second-order valence-electron chi connectivity index (χ2n) is 5.60. The first-order valence-electron chi connectivity index (χ1n) is 7.47. The van der Waals surface area contributed by atoms with E-state index in [-0.39, 0.29) is 0 Å². The van der Waals surface area contributed by atoms with Gasteiger partial charge in [-0.1, -0.05) is 26.7 Å². The van der Waals surface area contributed by atoms with E-state index in [4.69, 9.17) is 10.7 Å². The number of aromatic nitrogens is 2. The number of rotatable bonds is 4.